The summed E-state index contributed by atoms with van der Waals surface area (Å²) in [5.74, 6) is 4.37. The second kappa shape index (κ2) is 6.27. The molecule has 4 aliphatic rings. The van der Waals surface area contributed by atoms with E-state index in [0.717, 1.165) is 30.2 Å². The number of urea groups is 1. The summed E-state index contributed by atoms with van der Waals surface area (Å²) in [5, 5.41) is 5.91. The molecular weight excluding hydrogens is 284 g/mol. The maximum atomic E-state index is 11.9. The first-order valence-electron chi connectivity index (χ1n) is 8.36. The van der Waals surface area contributed by atoms with Crippen molar-refractivity contribution in [3.8, 4) is 0 Å². The zero-order valence-electron chi connectivity index (χ0n) is 13.1. The molecular formula is C16H28N2O2S. The lowest BCUT2D eigenvalue weighted by Gasteiger charge is -2.54. The van der Waals surface area contributed by atoms with Gasteiger partial charge in [-0.2, -0.15) is 0 Å². The SMILES string of the molecule is C[C@H](CNC(=O)NCC1C2CC3CC(C2)CC1C3)[S@](C)=O. The van der Waals surface area contributed by atoms with Crippen molar-refractivity contribution in [1.82, 2.24) is 10.6 Å². The van der Waals surface area contributed by atoms with Gasteiger partial charge in [0.25, 0.3) is 0 Å². The van der Waals surface area contributed by atoms with Crippen LogP contribution in [-0.4, -0.2) is 34.8 Å². The average molecular weight is 312 g/mol. The van der Waals surface area contributed by atoms with E-state index in [4.69, 9.17) is 0 Å². The fourth-order valence-electron chi connectivity index (χ4n) is 5.00. The third-order valence-electron chi connectivity index (χ3n) is 6.04. The van der Waals surface area contributed by atoms with Gasteiger partial charge in [-0.05, 0) is 68.6 Å². The number of hydrogen-bond acceptors (Lipinski definition) is 2. The minimum Gasteiger partial charge on any atom is -0.338 e. The Balaban J connectivity index is 1.43. The quantitative estimate of drug-likeness (QED) is 0.817. The molecule has 0 aromatic heterocycles. The molecule has 4 aliphatic carbocycles. The molecule has 21 heavy (non-hydrogen) atoms. The molecule has 2 N–H and O–H groups in total. The van der Waals surface area contributed by atoms with Gasteiger partial charge >= 0.3 is 6.03 Å². The fourth-order valence-corrected chi connectivity index (χ4v) is 5.32. The molecule has 4 saturated carbocycles. The molecule has 0 aliphatic heterocycles. The second-order valence-corrected chi connectivity index (χ2v) is 9.30. The third-order valence-corrected chi connectivity index (χ3v) is 7.34. The lowest BCUT2D eigenvalue weighted by molar-refractivity contribution is -0.0343. The average Bonchev–Trinajstić information content (AvgIpc) is 2.43. The molecule has 0 aromatic rings. The number of hydrogen-bond donors (Lipinski definition) is 2. The van der Waals surface area contributed by atoms with Gasteiger partial charge in [0.1, 0.15) is 0 Å². The van der Waals surface area contributed by atoms with Gasteiger partial charge in [-0.1, -0.05) is 0 Å². The van der Waals surface area contributed by atoms with Crippen LogP contribution in [0.4, 0.5) is 4.79 Å². The Morgan fingerprint density at radius 3 is 2.19 bits per heavy atom. The molecule has 4 nitrogen and oxygen atoms in total. The van der Waals surface area contributed by atoms with Gasteiger partial charge < -0.3 is 10.6 Å². The molecule has 0 aromatic carbocycles. The standard InChI is InChI=1S/C16H28N2O2S/c1-10(21(2)20)8-17-16(19)18-9-15-13-4-11-3-12(6-13)7-14(15)5-11/h10-15H,3-9H2,1-2H3,(H2,17,18,19)/t10-,11?,12?,13?,14?,15?,21+/m1/s1. The highest BCUT2D eigenvalue weighted by atomic mass is 32.2. The highest BCUT2D eigenvalue weighted by Gasteiger charge is 2.47. The topological polar surface area (TPSA) is 58.2 Å². The van der Waals surface area contributed by atoms with Crippen molar-refractivity contribution >= 4 is 16.8 Å². The summed E-state index contributed by atoms with van der Waals surface area (Å²) in [4.78, 5) is 11.9. The molecule has 0 radical (unpaired) electrons. The lowest BCUT2D eigenvalue weighted by atomic mass is 9.52. The summed E-state index contributed by atoms with van der Waals surface area (Å²) in [7, 11) is -0.880. The lowest BCUT2D eigenvalue weighted by Crippen LogP contribution is -2.50. The van der Waals surface area contributed by atoms with E-state index in [9.17, 15) is 9.00 Å². The van der Waals surface area contributed by atoms with Crippen molar-refractivity contribution < 1.29 is 9.00 Å². The first-order valence-corrected chi connectivity index (χ1v) is 9.99. The zero-order chi connectivity index (χ0) is 15.0. The van der Waals surface area contributed by atoms with Crippen molar-refractivity contribution in [2.75, 3.05) is 19.3 Å². The highest BCUT2D eigenvalue weighted by molar-refractivity contribution is 7.84. The summed E-state index contributed by atoms with van der Waals surface area (Å²) >= 11 is 0. The zero-order valence-corrected chi connectivity index (χ0v) is 14.0. The van der Waals surface area contributed by atoms with E-state index < -0.39 is 10.8 Å². The van der Waals surface area contributed by atoms with E-state index in [1.165, 1.54) is 32.1 Å². The van der Waals surface area contributed by atoms with Crippen LogP contribution in [0.25, 0.3) is 0 Å². The van der Waals surface area contributed by atoms with Crippen molar-refractivity contribution in [2.45, 2.75) is 44.3 Å². The summed E-state index contributed by atoms with van der Waals surface area (Å²) in [6.07, 6.45) is 8.73. The molecule has 0 heterocycles. The molecule has 0 spiro atoms. The fraction of sp³-hybridized carbons (Fsp3) is 0.938. The molecule has 0 unspecified atom stereocenters. The van der Waals surface area contributed by atoms with E-state index in [2.05, 4.69) is 10.6 Å². The van der Waals surface area contributed by atoms with E-state index >= 15 is 0 Å². The predicted molar refractivity (Wildman–Crippen MR) is 85.5 cm³/mol. The van der Waals surface area contributed by atoms with Crippen LogP contribution in [0.2, 0.25) is 0 Å². The van der Waals surface area contributed by atoms with E-state index in [1.807, 2.05) is 6.92 Å². The molecule has 2 atom stereocenters. The van der Waals surface area contributed by atoms with Crippen LogP contribution in [0.3, 0.4) is 0 Å². The van der Waals surface area contributed by atoms with E-state index in [-0.39, 0.29) is 11.3 Å². The van der Waals surface area contributed by atoms with Crippen molar-refractivity contribution in [3.63, 3.8) is 0 Å². The Morgan fingerprint density at radius 1 is 1.10 bits per heavy atom. The number of nitrogens with one attached hydrogen (secondary N) is 2. The Kier molecular flexibility index (Phi) is 4.57. The van der Waals surface area contributed by atoms with Crippen LogP contribution < -0.4 is 10.6 Å². The summed E-state index contributed by atoms with van der Waals surface area (Å²) in [5.41, 5.74) is 0. The summed E-state index contributed by atoms with van der Waals surface area (Å²) < 4.78 is 11.3. The first-order chi connectivity index (χ1) is 10.0. The monoisotopic (exact) mass is 312 g/mol. The van der Waals surface area contributed by atoms with Gasteiger partial charge in [0, 0.05) is 35.4 Å². The number of carbonyl (C=O) groups excluding carboxylic acids is 1. The normalized spacial score (nSPS) is 39.8. The maximum Gasteiger partial charge on any atom is 0.314 e. The van der Waals surface area contributed by atoms with Gasteiger partial charge in [0.05, 0.1) is 0 Å². The van der Waals surface area contributed by atoms with Crippen molar-refractivity contribution in [2.24, 2.45) is 29.6 Å². The minimum atomic E-state index is -0.880. The van der Waals surface area contributed by atoms with E-state index in [1.54, 1.807) is 6.26 Å². The smallest absolute Gasteiger partial charge is 0.314 e. The Hall–Kier alpha value is -0.580. The molecule has 4 bridgehead atoms. The van der Waals surface area contributed by atoms with Crippen molar-refractivity contribution in [3.05, 3.63) is 0 Å². The largest absolute Gasteiger partial charge is 0.338 e. The molecule has 5 heteroatoms. The second-order valence-electron chi connectivity index (χ2n) is 7.49. The number of carbonyl (C=O) groups is 1. The van der Waals surface area contributed by atoms with Gasteiger partial charge in [-0.3, -0.25) is 4.21 Å². The Bertz CT molecular complexity index is 399. The van der Waals surface area contributed by atoms with Crippen LogP contribution in [0, 0.1) is 29.6 Å². The molecule has 4 fully saturated rings. The summed E-state index contributed by atoms with van der Waals surface area (Å²) in [6.45, 7) is 3.20. The number of amides is 2. The molecule has 0 saturated heterocycles. The number of rotatable bonds is 5. The molecule has 2 amide bonds. The van der Waals surface area contributed by atoms with Gasteiger partial charge in [-0.15, -0.1) is 0 Å². The predicted octanol–water partition coefficient (Wildman–Crippen LogP) is 2.12. The van der Waals surface area contributed by atoms with E-state index in [0.29, 0.717) is 12.5 Å². The van der Waals surface area contributed by atoms with Gasteiger partial charge in [0.15, 0.2) is 0 Å². The Morgan fingerprint density at radius 2 is 1.67 bits per heavy atom. The molecule has 4 rings (SSSR count). The van der Waals surface area contributed by atoms with Crippen molar-refractivity contribution in [1.29, 1.82) is 0 Å². The summed E-state index contributed by atoms with van der Waals surface area (Å²) in [6, 6.07) is -0.0962. The van der Waals surface area contributed by atoms with Crippen LogP contribution in [-0.2, 0) is 10.8 Å². The third kappa shape index (κ3) is 3.43. The maximum absolute atomic E-state index is 11.9. The van der Waals surface area contributed by atoms with Crippen LogP contribution in [0.1, 0.15) is 39.0 Å². The van der Waals surface area contributed by atoms with Crippen LogP contribution in [0.15, 0.2) is 0 Å². The first kappa shape index (κ1) is 15.3. The highest BCUT2D eigenvalue weighted by Crippen LogP contribution is 2.56. The Labute approximate surface area is 130 Å². The van der Waals surface area contributed by atoms with Gasteiger partial charge in [-0.25, -0.2) is 4.79 Å². The van der Waals surface area contributed by atoms with Crippen LogP contribution in [0.5, 0.6) is 0 Å². The molecule has 120 valence electrons. The van der Waals surface area contributed by atoms with Crippen LogP contribution >= 0.6 is 0 Å². The minimum absolute atomic E-state index is 0.0110. The van der Waals surface area contributed by atoms with Gasteiger partial charge in [0.2, 0.25) is 0 Å².